The van der Waals surface area contributed by atoms with E-state index >= 15 is 0 Å². The van der Waals surface area contributed by atoms with Crippen LogP contribution in [-0.2, 0) is 12.5 Å². The average Bonchev–Trinajstić information content (AvgIpc) is 3.71. The maximum atomic E-state index is 14.5. The van der Waals surface area contributed by atoms with E-state index in [-0.39, 0.29) is 46.4 Å². The molecule has 0 radical (unpaired) electrons. The molecule has 5 aromatic rings. The number of nitrogens with one attached hydrogen (secondary N) is 1. The van der Waals surface area contributed by atoms with E-state index in [1.165, 1.54) is 27.7 Å². The van der Waals surface area contributed by atoms with E-state index < -0.39 is 6.43 Å². The molecule has 0 bridgehead atoms. The molecule has 1 N–H and O–H groups in total. The number of nitrogens with zero attached hydrogens (tertiary/aromatic N) is 9. The van der Waals surface area contributed by atoms with E-state index in [9.17, 15) is 13.2 Å². The van der Waals surface area contributed by atoms with E-state index in [4.69, 9.17) is 9.84 Å². The molecule has 0 saturated carbocycles. The van der Waals surface area contributed by atoms with E-state index in [1.54, 1.807) is 19.4 Å². The Bertz CT molecular complexity index is 1700. The minimum Gasteiger partial charge on any atom is -0.451 e. The summed E-state index contributed by atoms with van der Waals surface area (Å²) >= 11 is 0. The second-order valence-corrected chi connectivity index (χ2v) is 11.2. The molecule has 0 aliphatic carbocycles. The lowest BCUT2D eigenvalue weighted by Gasteiger charge is -2.23. The van der Waals surface area contributed by atoms with Crippen LogP contribution in [0.15, 0.2) is 37.1 Å². The third-order valence-electron chi connectivity index (χ3n) is 7.37. The Kier molecular flexibility index (Phi) is 6.80. The summed E-state index contributed by atoms with van der Waals surface area (Å²) in [5.41, 5.74) is 1.28. The van der Waals surface area contributed by atoms with Crippen molar-refractivity contribution in [2.24, 2.45) is 7.05 Å². The van der Waals surface area contributed by atoms with Crippen molar-refractivity contribution in [1.29, 1.82) is 0 Å². The smallest absolute Gasteiger partial charge is 0.269 e. The zero-order valence-corrected chi connectivity index (χ0v) is 23.2. The van der Waals surface area contributed by atoms with Gasteiger partial charge in [0.2, 0.25) is 5.95 Å². The highest BCUT2D eigenvalue weighted by molar-refractivity contribution is 5.82. The Hall–Kier alpha value is -4.20. The first-order valence-corrected chi connectivity index (χ1v) is 13.4. The minimum atomic E-state index is -2.86. The van der Waals surface area contributed by atoms with E-state index in [2.05, 4.69) is 51.0 Å². The summed E-state index contributed by atoms with van der Waals surface area (Å²) in [5, 5.41) is 12.2. The molecule has 6 heterocycles. The van der Waals surface area contributed by atoms with Crippen molar-refractivity contribution in [3.63, 3.8) is 0 Å². The first-order valence-electron chi connectivity index (χ1n) is 13.4. The Morgan fingerprint density at radius 2 is 2.00 bits per heavy atom. The second kappa shape index (κ2) is 10.3. The maximum Gasteiger partial charge on any atom is 0.269 e. The standard InChI is InChI=1S/C27H31F3N10O/c1-27(2,3)20-11-21(36-40(20)16-5-8-38(15-16)9-6-28)34-26-35-25-23(37(26)4)22(24(29)30)19(13-32-25)41-18-14-33-39-10-7-31-12-17(18)39/h7,10-14,16,24H,5-6,8-9,15H2,1-4H3,(H,32,34,35,36)/t16-/m0/s1. The first-order chi connectivity index (χ1) is 19.6. The number of likely N-dealkylation sites (tertiary alicyclic amines) is 1. The van der Waals surface area contributed by atoms with Gasteiger partial charge in [0.15, 0.2) is 23.0 Å². The lowest BCUT2D eigenvalue weighted by Crippen LogP contribution is -2.26. The number of hydrogen-bond acceptors (Lipinski definition) is 8. The molecule has 1 aliphatic heterocycles. The third-order valence-corrected chi connectivity index (χ3v) is 7.37. The fourth-order valence-corrected chi connectivity index (χ4v) is 5.34. The van der Waals surface area contributed by atoms with Crippen LogP contribution in [0.2, 0.25) is 0 Å². The summed E-state index contributed by atoms with van der Waals surface area (Å²) in [6, 6.07) is 2.06. The molecule has 0 amide bonds. The molecule has 0 aromatic carbocycles. The van der Waals surface area contributed by atoms with Gasteiger partial charge in [0.1, 0.15) is 17.7 Å². The molecule has 1 atom stereocenters. The van der Waals surface area contributed by atoms with Gasteiger partial charge in [0.25, 0.3) is 6.43 Å². The summed E-state index contributed by atoms with van der Waals surface area (Å²) in [7, 11) is 1.64. The molecule has 41 heavy (non-hydrogen) atoms. The summed E-state index contributed by atoms with van der Waals surface area (Å²) in [5.74, 6) is 1.02. The number of hydrogen-bond donors (Lipinski definition) is 1. The lowest BCUT2D eigenvalue weighted by molar-refractivity contribution is 0.149. The molecule has 14 heteroatoms. The third kappa shape index (κ3) is 4.96. The SMILES string of the molecule is Cn1c(Nc2cc(C(C)(C)C)n([C@H]3CCN(CCF)C3)n2)nc2ncc(Oc3cnn4ccncc34)c(C(F)F)c21. The summed E-state index contributed by atoms with van der Waals surface area (Å²) < 4.78 is 52.9. The normalized spacial score (nSPS) is 16.4. The van der Waals surface area contributed by atoms with Crippen molar-refractivity contribution in [2.75, 3.05) is 31.6 Å². The number of rotatable bonds is 8. The van der Waals surface area contributed by atoms with Crippen LogP contribution in [0.25, 0.3) is 16.7 Å². The number of anilines is 2. The predicted octanol–water partition coefficient (Wildman–Crippen LogP) is 5.19. The van der Waals surface area contributed by atoms with Gasteiger partial charge in [-0.05, 0) is 6.42 Å². The number of aromatic nitrogens is 8. The van der Waals surface area contributed by atoms with Crippen LogP contribution < -0.4 is 10.1 Å². The zero-order valence-electron chi connectivity index (χ0n) is 23.2. The minimum absolute atomic E-state index is 0.0980. The van der Waals surface area contributed by atoms with Gasteiger partial charge >= 0.3 is 0 Å². The first kappa shape index (κ1) is 27.0. The quantitative estimate of drug-likeness (QED) is 0.273. The zero-order chi connectivity index (χ0) is 28.9. The predicted molar refractivity (Wildman–Crippen MR) is 147 cm³/mol. The molecule has 1 fully saturated rings. The van der Waals surface area contributed by atoms with E-state index in [0.717, 1.165) is 18.7 Å². The molecule has 5 aromatic heterocycles. The number of ether oxygens (including phenoxy) is 1. The number of imidazole rings is 1. The summed E-state index contributed by atoms with van der Waals surface area (Å²) in [6.45, 7) is 7.87. The van der Waals surface area contributed by atoms with E-state index in [0.29, 0.717) is 30.4 Å². The summed E-state index contributed by atoms with van der Waals surface area (Å²) in [4.78, 5) is 15.0. The van der Waals surface area contributed by atoms with Crippen LogP contribution in [0.3, 0.4) is 0 Å². The topological polar surface area (TPSA) is 103 Å². The molecule has 11 nitrogen and oxygen atoms in total. The molecular formula is C27H31F3N10O. The maximum absolute atomic E-state index is 14.5. The highest BCUT2D eigenvalue weighted by atomic mass is 19.3. The highest BCUT2D eigenvalue weighted by Crippen LogP contribution is 2.39. The number of fused-ring (bicyclic) bond motifs is 2. The van der Waals surface area contributed by atoms with Gasteiger partial charge in [-0.15, -0.1) is 0 Å². The van der Waals surface area contributed by atoms with Gasteiger partial charge < -0.3 is 14.6 Å². The molecule has 1 aliphatic rings. The van der Waals surface area contributed by atoms with Crippen molar-refractivity contribution < 1.29 is 17.9 Å². The molecule has 216 valence electrons. The Balaban J connectivity index is 1.35. The fraction of sp³-hybridized carbons (Fsp3) is 0.444. The largest absolute Gasteiger partial charge is 0.451 e. The van der Waals surface area contributed by atoms with Crippen molar-refractivity contribution >= 4 is 28.4 Å². The van der Waals surface area contributed by atoms with Crippen molar-refractivity contribution in [2.45, 2.75) is 45.1 Å². The van der Waals surface area contributed by atoms with Crippen LogP contribution >= 0.6 is 0 Å². The van der Waals surface area contributed by atoms with Crippen molar-refractivity contribution in [3.8, 4) is 11.5 Å². The van der Waals surface area contributed by atoms with Gasteiger partial charge in [-0.1, -0.05) is 20.8 Å². The Morgan fingerprint density at radius 1 is 1.17 bits per heavy atom. The lowest BCUT2D eigenvalue weighted by atomic mass is 9.91. The molecule has 6 rings (SSSR count). The molecular weight excluding hydrogens is 537 g/mol. The van der Waals surface area contributed by atoms with E-state index in [1.807, 2.05) is 10.7 Å². The highest BCUT2D eigenvalue weighted by Gasteiger charge is 2.31. The van der Waals surface area contributed by atoms with Gasteiger partial charge in [0, 0.05) is 56.3 Å². The monoisotopic (exact) mass is 568 g/mol. The van der Waals surface area contributed by atoms with Crippen molar-refractivity contribution in [3.05, 3.63) is 48.3 Å². The van der Waals surface area contributed by atoms with Crippen LogP contribution in [0.1, 0.15) is 50.9 Å². The van der Waals surface area contributed by atoms with Gasteiger partial charge in [-0.3, -0.25) is 14.6 Å². The van der Waals surface area contributed by atoms with Gasteiger partial charge in [-0.2, -0.15) is 15.2 Å². The number of alkyl halides is 3. The number of halogens is 3. The second-order valence-electron chi connectivity index (χ2n) is 11.2. The van der Waals surface area contributed by atoms with Gasteiger partial charge in [0.05, 0.1) is 30.2 Å². The summed E-state index contributed by atoms with van der Waals surface area (Å²) in [6.07, 6.45) is 5.43. The van der Waals surface area contributed by atoms with Crippen LogP contribution in [0.5, 0.6) is 11.5 Å². The molecule has 0 unspecified atom stereocenters. The van der Waals surface area contributed by atoms with Crippen LogP contribution in [-0.4, -0.2) is 70.1 Å². The number of pyridine rings is 1. The fourth-order valence-electron chi connectivity index (χ4n) is 5.34. The van der Waals surface area contributed by atoms with Crippen LogP contribution in [0, 0.1) is 0 Å². The molecule has 0 spiro atoms. The average molecular weight is 569 g/mol. The Morgan fingerprint density at radius 3 is 2.76 bits per heavy atom. The Labute approximate surface area is 234 Å². The molecule has 1 saturated heterocycles. The van der Waals surface area contributed by atoms with Crippen molar-refractivity contribution in [1.82, 2.24) is 43.8 Å². The van der Waals surface area contributed by atoms with Crippen LogP contribution in [0.4, 0.5) is 24.9 Å². The number of aryl methyl sites for hydroxylation is 1. The van der Waals surface area contributed by atoms with Gasteiger partial charge in [-0.25, -0.2) is 22.7 Å².